The molecule has 2 aliphatic carbocycles. The number of halogens is 1. The first kappa shape index (κ1) is 17.3. The lowest BCUT2D eigenvalue weighted by molar-refractivity contribution is -0.127. The molecule has 0 saturated heterocycles. The number of amides is 1. The van der Waals surface area contributed by atoms with Crippen molar-refractivity contribution in [3.8, 4) is 0 Å². The maximum absolute atomic E-state index is 12.4. The number of hydrogen-bond donors (Lipinski definition) is 2. The molecule has 3 rings (SSSR count). The van der Waals surface area contributed by atoms with Gasteiger partial charge in [-0.3, -0.25) is 4.79 Å². The fourth-order valence-electron chi connectivity index (χ4n) is 4.03. The molecule has 1 amide bonds. The Balaban J connectivity index is 0.00000176. The van der Waals surface area contributed by atoms with E-state index in [1.165, 1.54) is 12.8 Å². The van der Waals surface area contributed by atoms with Gasteiger partial charge in [0, 0.05) is 19.7 Å². The lowest BCUT2D eigenvalue weighted by atomic mass is 9.84. The summed E-state index contributed by atoms with van der Waals surface area (Å²) in [6.07, 6.45) is 3.51. The minimum absolute atomic E-state index is 0. The van der Waals surface area contributed by atoms with Crippen LogP contribution in [0.5, 0.6) is 0 Å². The Hall–Kier alpha value is -1.10. The van der Waals surface area contributed by atoms with Gasteiger partial charge >= 0.3 is 0 Å². The summed E-state index contributed by atoms with van der Waals surface area (Å²) in [4.78, 5) is 12.4. The van der Waals surface area contributed by atoms with E-state index in [-0.39, 0.29) is 30.3 Å². The summed E-state index contributed by atoms with van der Waals surface area (Å²) in [6.45, 7) is 1.16. The van der Waals surface area contributed by atoms with Crippen molar-refractivity contribution in [3.05, 3.63) is 35.4 Å². The quantitative estimate of drug-likeness (QED) is 0.873. The molecule has 4 nitrogen and oxygen atoms in total. The highest BCUT2D eigenvalue weighted by molar-refractivity contribution is 5.85. The maximum atomic E-state index is 12.4. The first-order valence-corrected chi connectivity index (χ1v) is 7.79. The molecular formula is C17H25ClN2O2. The summed E-state index contributed by atoms with van der Waals surface area (Å²) in [5, 5.41) is 3.07. The van der Waals surface area contributed by atoms with Gasteiger partial charge in [-0.25, -0.2) is 0 Å². The molecule has 0 radical (unpaired) electrons. The molecule has 3 N–H and O–H groups in total. The number of carbonyl (C=O) groups excluding carboxylic acids is 1. The third-order valence-electron chi connectivity index (χ3n) is 5.05. The van der Waals surface area contributed by atoms with E-state index in [0.717, 1.165) is 17.5 Å². The third kappa shape index (κ3) is 3.45. The van der Waals surface area contributed by atoms with Crippen LogP contribution < -0.4 is 11.1 Å². The van der Waals surface area contributed by atoms with Crippen molar-refractivity contribution in [2.45, 2.75) is 38.5 Å². The van der Waals surface area contributed by atoms with Gasteiger partial charge in [0.15, 0.2) is 0 Å². The highest BCUT2D eigenvalue weighted by Crippen LogP contribution is 2.47. The number of ether oxygens (including phenoxy) is 1. The van der Waals surface area contributed by atoms with Crippen molar-refractivity contribution in [1.29, 1.82) is 0 Å². The molecule has 5 heteroatoms. The molecule has 0 heterocycles. The number of methoxy groups -OCH3 is 1. The topological polar surface area (TPSA) is 64.3 Å². The van der Waals surface area contributed by atoms with Crippen LogP contribution in [0.25, 0.3) is 0 Å². The lowest BCUT2D eigenvalue weighted by Crippen LogP contribution is -2.45. The summed E-state index contributed by atoms with van der Waals surface area (Å²) in [7, 11) is 1.69. The zero-order valence-corrected chi connectivity index (χ0v) is 13.8. The van der Waals surface area contributed by atoms with Crippen molar-refractivity contribution in [1.82, 2.24) is 5.32 Å². The molecule has 2 fully saturated rings. The molecule has 0 aliphatic heterocycles. The van der Waals surface area contributed by atoms with Gasteiger partial charge in [-0.1, -0.05) is 24.3 Å². The van der Waals surface area contributed by atoms with Gasteiger partial charge in [0.1, 0.15) is 0 Å². The van der Waals surface area contributed by atoms with Gasteiger partial charge in [0.2, 0.25) is 5.91 Å². The Morgan fingerprint density at radius 3 is 2.73 bits per heavy atom. The second-order valence-corrected chi connectivity index (χ2v) is 6.41. The van der Waals surface area contributed by atoms with Gasteiger partial charge in [-0.15, -0.1) is 12.4 Å². The van der Waals surface area contributed by atoms with Crippen molar-refractivity contribution in [2.24, 2.45) is 23.5 Å². The highest BCUT2D eigenvalue weighted by atomic mass is 35.5. The minimum Gasteiger partial charge on any atom is -0.380 e. The monoisotopic (exact) mass is 324 g/mol. The van der Waals surface area contributed by atoms with E-state index in [4.69, 9.17) is 10.5 Å². The second-order valence-electron chi connectivity index (χ2n) is 6.41. The van der Waals surface area contributed by atoms with E-state index in [1.54, 1.807) is 7.11 Å². The molecule has 4 unspecified atom stereocenters. The first-order chi connectivity index (χ1) is 10.2. The van der Waals surface area contributed by atoms with Gasteiger partial charge in [0.25, 0.3) is 0 Å². The van der Waals surface area contributed by atoms with Crippen LogP contribution in [0, 0.1) is 17.8 Å². The van der Waals surface area contributed by atoms with Crippen LogP contribution in [0.2, 0.25) is 0 Å². The molecule has 0 spiro atoms. The average Bonchev–Trinajstić information content (AvgIpc) is 3.06. The van der Waals surface area contributed by atoms with Gasteiger partial charge < -0.3 is 15.8 Å². The zero-order valence-electron chi connectivity index (χ0n) is 13.0. The Morgan fingerprint density at radius 1 is 1.32 bits per heavy atom. The van der Waals surface area contributed by atoms with Gasteiger partial charge in [-0.2, -0.15) is 0 Å². The number of hydrogen-bond acceptors (Lipinski definition) is 3. The predicted molar refractivity (Wildman–Crippen MR) is 88.5 cm³/mol. The molecule has 0 aromatic heterocycles. The molecule has 1 aromatic rings. The summed E-state index contributed by atoms with van der Waals surface area (Å²) in [6, 6.07) is 8.19. The molecule has 1 aromatic carbocycles. The number of nitrogens with two attached hydrogens (primary N) is 1. The molecule has 2 aliphatic rings. The Kier molecular flexibility index (Phi) is 5.84. The van der Waals surface area contributed by atoms with Crippen LogP contribution in [0.1, 0.15) is 30.4 Å². The van der Waals surface area contributed by atoms with Gasteiger partial charge in [-0.05, 0) is 42.2 Å². The zero-order chi connectivity index (χ0) is 14.8. The van der Waals surface area contributed by atoms with Crippen LogP contribution in [-0.4, -0.2) is 19.1 Å². The fourth-order valence-corrected chi connectivity index (χ4v) is 4.03. The SMILES string of the molecule is COCc1cccc(CNC(=O)C2C3CCC(C3)C2N)c1.Cl. The van der Waals surface area contributed by atoms with Crippen LogP contribution in [0.3, 0.4) is 0 Å². The van der Waals surface area contributed by atoms with Crippen molar-refractivity contribution in [3.63, 3.8) is 0 Å². The fraction of sp³-hybridized carbons (Fsp3) is 0.588. The van der Waals surface area contributed by atoms with E-state index in [2.05, 4.69) is 11.4 Å². The largest absolute Gasteiger partial charge is 0.380 e. The Bertz CT molecular complexity index is 521. The third-order valence-corrected chi connectivity index (χ3v) is 5.05. The van der Waals surface area contributed by atoms with Crippen molar-refractivity contribution < 1.29 is 9.53 Å². The predicted octanol–water partition coefficient (Wildman–Crippen LogP) is 2.24. The molecule has 4 atom stereocenters. The molecule has 22 heavy (non-hydrogen) atoms. The van der Waals surface area contributed by atoms with Crippen LogP contribution in [-0.2, 0) is 22.7 Å². The Morgan fingerprint density at radius 2 is 2.05 bits per heavy atom. The molecule has 122 valence electrons. The molecule has 2 bridgehead atoms. The van der Waals surface area contributed by atoms with Crippen molar-refractivity contribution >= 4 is 18.3 Å². The average molecular weight is 325 g/mol. The molecular weight excluding hydrogens is 300 g/mol. The summed E-state index contributed by atoms with van der Waals surface area (Å²) >= 11 is 0. The maximum Gasteiger partial charge on any atom is 0.225 e. The van der Waals surface area contributed by atoms with Gasteiger partial charge in [0.05, 0.1) is 12.5 Å². The summed E-state index contributed by atoms with van der Waals surface area (Å²) in [5.74, 6) is 1.22. The van der Waals surface area contributed by atoms with E-state index in [9.17, 15) is 4.79 Å². The number of nitrogens with one attached hydrogen (secondary N) is 1. The van der Waals surface area contributed by atoms with E-state index >= 15 is 0 Å². The van der Waals surface area contributed by atoms with E-state index in [1.807, 2.05) is 18.2 Å². The standard InChI is InChI=1S/C17H24N2O2.ClH/c1-21-10-12-4-2-3-11(7-12)9-19-17(20)15-13-5-6-14(8-13)16(15)18;/h2-4,7,13-16H,5-6,8-10,18H2,1H3,(H,19,20);1H. The smallest absolute Gasteiger partial charge is 0.225 e. The normalized spacial score (nSPS) is 29.2. The van der Waals surface area contributed by atoms with E-state index in [0.29, 0.717) is 25.0 Å². The highest BCUT2D eigenvalue weighted by Gasteiger charge is 2.48. The molecule has 2 saturated carbocycles. The van der Waals surface area contributed by atoms with E-state index < -0.39 is 0 Å². The number of benzene rings is 1. The second kappa shape index (κ2) is 7.44. The lowest BCUT2D eigenvalue weighted by Gasteiger charge is -2.27. The van der Waals surface area contributed by atoms with Crippen molar-refractivity contribution in [2.75, 3.05) is 7.11 Å². The first-order valence-electron chi connectivity index (χ1n) is 7.79. The minimum atomic E-state index is 0. The Labute approximate surface area is 138 Å². The number of carbonyl (C=O) groups is 1. The number of rotatable bonds is 5. The summed E-state index contributed by atoms with van der Waals surface area (Å²) < 4.78 is 5.13. The van der Waals surface area contributed by atoms with Crippen LogP contribution in [0.15, 0.2) is 24.3 Å². The summed E-state index contributed by atoms with van der Waals surface area (Å²) in [5.41, 5.74) is 8.45. The van der Waals surface area contributed by atoms with Crippen LogP contribution in [0.4, 0.5) is 0 Å². The van der Waals surface area contributed by atoms with Crippen LogP contribution >= 0.6 is 12.4 Å². The number of fused-ring (bicyclic) bond motifs is 2.